The first kappa shape index (κ1) is 14.3. The molecule has 1 fully saturated rings. The van der Waals surface area contributed by atoms with Crippen LogP contribution in [-0.2, 0) is 4.74 Å². The number of alkyl carbamates (subject to hydrolysis) is 1. The van der Waals surface area contributed by atoms with E-state index in [0.29, 0.717) is 0 Å². The molecule has 1 aliphatic rings. The summed E-state index contributed by atoms with van der Waals surface area (Å²) in [5.74, 6) is 0. The van der Waals surface area contributed by atoms with E-state index >= 15 is 0 Å². The van der Waals surface area contributed by atoms with Gasteiger partial charge in [-0.05, 0) is 48.0 Å². The highest BCUT2D eigenvalue weighted by molar-refractivity contribution is 5.68. The predicted octanol–water partition coefficient (Wildman–Crippen LogP) is 2.38. The molecule has 0 saturated carbocycles. The molecule has 1 N–H and O–H groups in total. The first-order valence-corrected chi connectivity index (χ1v) is 6.32. The van der Waals surface area contributed by atoms with E-state index in [2.05, 4.69) is 31.0 Å². The Kier molecular flexibility index (Phi) is 4.07. The van der Waals surface area contributed by atoms with Crippen LogP contribution < -0.4 is 5.32 Å². The van der Waals surface area contributed by atoms with Gasteiger partial charge in [-0.1, -0.05) is 0 Å². The standard InChI is InChI=1S/C13H26N2O2/c1-12(2,3)14-11(16)17-10-7-8-15(9-10)13(4,5)6/h10H,7-9H2,1-6H3,(H,14,16). The molecule has 4 heteroatoms. The molecule has 1 aliphatic heterocycles. The molecule has 17 heavy (non-hydrogen) atoms. The third-order valence-corrected chi connectivity index (χ3v) is 2.84. The summed E-state index contributed by atoms with van der Waals surface area (Å²) in [6.07, 6.45) is 0.643. The normalized spacial score (nSPS) is 22.6. The number of carbonyl (C=O) groups is 1. The third kappa shape index (κ3) is 4.94. The smallest absolute Gasteiger partial charge is 0.407 e. The van der Waals surface area contributed by atoms with Gasteiger partial charge in [0.25, 0.3) is 0 Å². The minimum absolute atomic E-state index is 0.0246. The van der Waals surface area contributed by atoms with Crippen molar-refractivity contribution >= 4 is 6.09 Å². The molecular weight excluding hydrogens is 216 g/mol. The Hall–Kier alpha value is -0.770. The minimum Gasteiger partial charge on any atom is -0.445 e. The number of hydrogen-bond acceptors (Lipinski definition) is 3. The van der Waals surface area contributed by atoms with Gasteiger partial charge in [-0.2, -0.15) is 0 Å². The van der Waals surface area contributed by atoms with Crippen LogP contribution >= 0.6 is 0 Å². The van der Waals surface area contributed by atoms with Gasteiger partial charge in [-0.15, -0.1) is 0 Å². The Morgan fingerprint density at radius 2 is 1.82 bits per heavy atom. The van der Waals surface area contributed by atoms with Crippen LogP contribution in [0.5, 0.6) is 0 Å². The highest BCUT2D eigenvalue weighted by Crippen LogP contribution is 2.22. The van der Waals surface area contributed by atoms with Gasteiger partial charge in [0.05, 0.1) is 0 Å². The molecule has 1 heterocycles. The van der Waals surface area contributed by atoms with E-state index in [1.54, 1.807) is 0 Å². The molecule has 0 aromatic rings. The fraction of sp³-hybridized carbons (Fsp3) is 0.923. The van der Waals surface area contributed by atoms with Gasteiger partial charge in [-0.3, -0.25) is 4.90 Å². The molecule has 0 bridgehead atoms. The molecule has 1 atom stereocenters. The zero-order chi connectivity index (χ0) is 13.3. The molecule has 0 spiro atoms. The molecule has 1 saturated heterocycles. The predicted molar refractivity (Wildman–Crippen MR) is 69.1 cm³/mol. The van der Waals surface area contributed by atoms with Crippen LogP contribution in [0.15, 0.2) is 0 Å². The minimum atomic E-state index is -0.307. The van der Waals surface area contributed by atoms with Crippen LogP contribution in [0, 0.1) is 0 Å². The topological polar surface area (TPSA) is 41.6 Å². The summed E-state index contributed by atoms with van der Waals surface area (Å²) < 4.78 is 5.42. The Morgan fingerprint density at radius 1 is 1.24 bits per heavy atom. The first-order chi connectivity index (χ1) is 7.58. The third-order valence-electron chi connectivity index (χ3n) is 2.84. The zero-order valence-corrected chi connectivity index (χ0v) is 12.0. The second-order valence-corrected chi connectivity index (χ2v) is 6.81. The number of carbonyl (C=O) groups excluding carboxylic acids is 1. The summed E-state index contributed by atoms with van der Waals surface area (Å²) in [5, 5.41) is 2.82. The largest absolute Gasteiger partial charge is 0.445 e. The number of hydrogen-bond donors (Lipinski definition) is 1. The highest BCUT2D eigenvalue weighted by atomic mass is 16.6. The monoisotopic (exact) mass is 242 g/mol. The van der Waals surface area contributed by atoms with Crippen molar-refractivity contribution in [2.45, 2.75) is 65.1 Å². The number of likely N-dealkylation sites (tertiary alicyclic amines) is 1. The average molecular weight is 242 g/mol. The van der Waals surface area contributed by atoms with Gasteiger partial charge in [0.15, 0.2) is 0 Å². The van der Waals surface area contributed by atoms with E-state index in [1.807, 2.05) is 20.8 Å². The van der Waals surface area contributed by atoms with Crippen LogP contribution in [0.1, 0.15) is 48.0 Å². The highest BCUT2D eigenvalue weighted by Gasteiger charge is 2.32. The van der Waals surface area contributed by atoms with Crippen LogP contribution in [-0.4, -0.2) is 41.3 Å². The molecule has 100 valence electrons. The number of amides is 1. The molecule has 1 rings (SSSR count). The molecule has 0 aliphatic carbocycles. The Balaban J connectivity index is 2.38. The van der Waals surface area contributed by atoms with Gasteiger partial charge in [0, 0.05) is 24.2 Å². The van der Waals surface area contributed by atoms with Crippen LogP contribution in [0.25, 0.3) is 0 Å². The second kappa shape index (κ2) is 4.84. The molecule has 1 amide bonds. The quantitative estimate of drug-likeness (QED) is 0.767. The van der Waals surface area contributed by atoms with E-state index in [9.17, 15) is 4.79 Å². The van der Waals surface area contributed by atoms with E-state index in [4.69, 9.17) is 4.74 Å². The van der Waals surface area contributed by atoms with E-state index in [0.717, 1.165) is 19.5 Å². The molecule has 4 nitrogen and oxygen atoms in total. The fourth-order valence-electron chi connectivity index (χ4n) is 1.92. The number of rotatable bonds is 1. The van der Waals surface area contributed by atoms with Crippen molar-refractivity contribution in [3.05, 3.63) is 0 Å². The lowest BCUT2D eigenvalue weighted by Gasteiger charge is -2.31. The maximum absolute atomic E-state index is 11.6. The Labute approximate surface area is 105 Å². The van der Waals surface area contributed by atoms with E-state index in [1.165, 1.54) is 0 Å². The Morgan fingerprint density at radius 3 is 2.24 bits per heavy atom. The maximum Gasteiger partial charge on any atom is 0.407 e. The zero-order valence-electron chi connectivity index (χ0n) is 12.0. The molecule has 0 radical (unpaired) electrons. The van der Waals surface area contributed by atoms with Crippen LogP contribution in [0.4, 0.5) is 4.79 Å². The van der Waals surface area contributed by atoms with Gasteiger partial charge in [-0.25, -0.2) is 4.79 Å². The fourth-order valence-corrected chi connectivity index (χ4v) is 1.92. The SMILES string of the molecule is CC(C)(C)NC(=O)OC1CCN(C(C)(C)C)C1. The van der Waals surface area contributed by atoms with Crippen molar-refractivity contribution in [1.29, 1.82) is 0 Å². The van der Waals surface area contributed by atoms with Gasteiger partial charge in [0.1, 0.15) is 6.10 Å². The van der Waals surface area contributed by atoms with E-state index in [-0.39, 0.29) is 23.3 Å². The first-order valence-electron chi connectivity index (χ1n) is 6.32. The second-order valence-electron chi connectivity index (χ2n) is 6.81. The van der Waals surface area contributed by atoms with Gasteiger partial charge >= 0.3 is 6.09 Å². The van der Waals surface area contributed by atoms with Crippen molar-refractivity contribution < 1.29 is 9.53 Å². The van der Waals surface area contributed by atoms with Crippen molar-refractivity contribution in [1.82, 2.24) is 10.2 Å². The van der Waals surface area contributed by atoms with E-state index < -0.39 is 0 Å². The lowest BCUT2D eigenvalue weighted by Crippen LogP contribution is -2.43. The van der Waals surface area contributed by atoms with Crippen LogP contribution in [0.3, 0.4) is 0 Å². The van der Waals surface area contributed by atoms with Crippen LogP contribution in [0.2, 0.25) is 0 Å². The number of nitrogens with zero attached hydrogens (tertiary/aromatic N) is 1. The summed E-state index contributed by atoms with van der Waals surface area (Å²) in [7, 11) is 0. The van der Waals surface area contributed by atoms with Crippen molar-refractivity contribution in [2.75, 3.05) is 13.1 Å². The molecule has 0 aromatic carbocycles. The summed E-state index contributed by atoms with van der Waals surface area (Å²) in [6, 6.07) is 0. The van der Waals surface area contributed by atoms with Crippen molar-refractivity contribution in [3.63, 3.8) is 0 Å². The number of ether oxygens (including phenoxy) is 1. The van der Waals surface area contributed by atoms with Gasteiger partial charge in [0.2, 0.25) is 0 Å². The van der Waals surface area contributed by atoms with Crippen molar-refractivity contribution in [3.8, 4) is 0 Å². The number of nitrogens with one attached hydrogen (secondary N) is 1. The van der Waals surface area contributed by atoms with Crippen molar-refractivity contribution in [2.24, 2.45) is 0 Å². The molecule has 0 aromatic heterocycles. The average Bonchev–Trinajstić information content (AvgIpc) is 2.47. The Bertz CT molecular complexity index is 276. The summed E-state index contributed by atoms with van der Waals surface area (Å²) in [6.45, 7) is 14.2. The summed E-state index contributed by atoms with van der Waals surface area (Å²) in [5.41, 5.74) is -0.0853. The maximum atomic E-state index is 11.6. The lowest BCUT2D eigenvalue weighted by molar-refractivity contribution is 0.0831. The van der Waals surface area contributed by atoms with Gasteiger partial charge < -0.3 is 10.1 Å². The summed E-state index contributed by atoms with van der Waals surface area (Å²) >= 11 is 0. The summed E-state index contributed by atoms with van der Waals surface area (Å²) in [4.78, 5) is 14.0. The lowest BCUT2D eigenvalue weighted by atomic mass is 10.1. The molecular formula is C13H26N2O2. The molecule has 1 unspecified atom stereocenters.